The van der Waals surface area contributed by atoms with Gasteiger partial charge >= 0.3 is 6.09 Å². The molecule has 7 nitrogen and oxygen atoms in total. The summed E-state index contributed by atoms with van der Waals surface area (Å²) in [5.74, 6) is -1.00. The van der Waals surface area contributed by atoms with Crippen molar-refractivity contribution in [3.63, 3.8) is 0 Å². The quantitative estimate of drug-likeness (QED) is 0.612. The van der Waals surface area contributed by atoms with Gasteiger partial charge in [0, 0.05) is 0 Å². The number of imide groups is 1. The van der Waals surface area contributed by atoms with Gasteiger partial charge in [0.15, 0.2) is 6.04 Å². The van der Waals surface area contributed by atoms with Crippen molar-refractivity contribution in [2.45, 2.75) is 65.2 Å². The maximum atomic E-state index is 12.2. The number of nitrogens with zero attached hydrogens (tertiary/aromatic N) is 1. The minimum absolute atomic E-state index is 0.131. The molecule has 0 radical (unpaired) electrons. The van der Waals surface area contributed by atoms with E-state index in [4.69, 9.17) is 9.57 Å². The normalized spacial score (nSPS) is 19.8. The first-order valence-electron chi connectivity index (χ1n) is 6.44. The first-order valence-corrected chi connectivity index (χ1v) is 6.44. The third-order valence-electron chi connectivity index (χ3n) is 2.17. The summed E-state index contributed by atoms with van der Waals surface area (Å²) in [6.45, 7) is 10.3. The van der Waals surface area contributed by atoms with Crippen LogP contribution in [0.3, 0.4) is 0 Å². The Labute approximate surface area is 118 Å². The number of nitrogens with one attached hydrogen (secondary N) is 1. The van der Waals surface area contributed by atoms with E-state index in [2.05, 4.69) is 5.32 Å². The summed E-state index contributed by atoms with van der Waals surface area (Å²) in [6, 6.07) is -1.00. The molecule has 7 heteroatoms. The topological polar surface area (TPSA) is 84.9 Å². The van der Waals surface area contributed by atoms with Crippen molar-refractivity contribution in [1.82, 2.24) is 10.4 Å². The monoisotopic (exact) mass is 286 g/mol. The van der Waals surface area contributed by atoms with Crippen molar-refractivity contribution in [2.24, 2.45) is 0 Å². The van der Waals surface area contributed by atoms with Crippen LogP contribution >= 0.6 is 0 Å². The fraction of sp³-hybridized carbons (Fsp3) is 0.769. The summed E-state index contributed by atoms with van der Waals surface area (Å²) in [5.41, 5.74) is -1.43. The highest BCUT2D eigenvalue weighted by atomic mass is 16.7. The van der Waals surface area contributed by atoms with Crippen LogP contribution < -0.4 is 5.32 Å². The zero-order chi connectivity index (χ0) is 15.7. The number of ether oxygens (including phenoxy) is 1. The van der Waals surface area contributed by atoms with E-state index in [9.17, 15) is 14.4 Å². The molecule has 1 aliphatic rings. The van der Waals surface area contributed by atoms with E-state index in [1.165, 1.54) is 0 Å². The van der Waals surface area contributed by atoms with Gasteiger partial charge in [-0.05, 0) is 41.5 Å². The minimum Gasteiger partial charge on any atom is -0.442 e. The molecule has 1 atom stereocenters. The van der Waals surface area contributed by atoms with E-state index in [1.54, 1.807) is 41.5 Å². The summed E-state index contributed by atoms with van der Waals surface area (Å²) in [7, 11) is 0. The van der Waals surface area contributed by atoms with Crippen molar-refractivity contribution in [3.05, 3.63) is 0 Å². The molecule has 1 saturated heterocycles. The SMILES string of the molecule is CC(C)(C)OC(=O)N(OC(C)(C)C)[C@@H]1CC(=O)NC1=O. The van der Waals surface area contributed by atoms with Gasteiger partial charge in [0.25, 0.3) is 5.91 Å². The average Bonchev–Trinajstić information content (AvgIpc) is 2.50. The molecule has 0 aromatic carbocycles. The zero-order valence-corrected chi connectivity index (χ0v) is 12.8. The molecule has 1 aliphatic heterocycles. The first-order chi connectivity index (χ1) is 8.89. The molecule has 3 amide bonds. The van der Waals surface area contributed by atoms with Crippen LogP contribution in [0.1, 0.15) is 48.0 Å². The van der Waals surface area contributed by atoms with Gasteiger partial charge in [-0.15, -0.1) is 0 Å². The maximum Gasteiger partial charge on any atom is 0.435 e. The number of carbonyl (C=O) groups is 3. The minimum atomic E-state index is -1.00. The molecule has 0 unspecified atom stereocenters. The van der Waals surface area contributed by atoms with Gasteiger partial charge in [0.2, 0.25) is 5.91 Å². The number of rotatable bonds is 2. The Morgan fingerprint density at radius 3 is 2.05 bits per heavy atom. The van der Waals surface area contributed by atoms with Gasteiger partial charge in [-0.3, -0.25) is 19.7 Å². The molecule has 1 rings (SSSR count). The van der Waals surface area contributed by atoms with Crippen LogP contribution in [0, 0.1) is 0 Å². The molecule has 114 valence electrons. The van der Waals surface area contributed by atoms with Crippen molar-refractivity contribution >= 4 is 17.9 Å². The lowest BCUT2D eigenvalue weighted by atomic mass is 10.2. The predicted molar refractivity (Wildman–Crippen MR) is 70.5 cm³/mol. The molecule has 1 heterocycles. The number of carbonyl (C=O) groups excluding carboxylic acids is 3. The number of hydrogen-bond acceptors (Lipinski definition) is 5. The summed E-state index contributed by atoms with van der Waals surface area (Å²) < 4.78 is 5.21. The van der Waals surface area contributed by atoms with Crippen molar-refractivity contribution in [2.75, 3.05) is 0 Å². The molecule has 1 fully saturated rings. The molecule has 0 aliphatic carbocycles. The Morgan fingerprint density at radius 2 is 1.70 bits per heavy atom. The Hall–Kier alpha value is -1.63. The largest absolute Gasteiger partial charge is 0.442 e. The summed E-state index contributed by atoms with van der Waals surface area (Å²) in [6.07, 6.45) is -0.920. The van der Waals surface area contributed by atoms with Crippen LogP contribution in [-0.2, 0) is 19.2 Å². The second kappa shape index (κ2) is 5.40. The zero-order valence-electron chi connectivity index (χ0n) is 12.8. The molecule has 20 heavy (non-hydrogen) atoms. The standard InChI is InChI=1S/C13H22N2O5/c1-12(2,3)19-11(18)15(20-13(4,5)6)8-7-9(16)14-10(8)17/h8H,7H2,1-6H3,(H,14,16,17)/t8-/m1/s1. The second-order valence-electron chi connectivity index (χ2n) is 6.64. The highest BCUT2D eigenvalue weighted by Crippen LogP contribution is 2.21. The lowest BCUT2D eigenvalue weighted by Crippen LogP contribution is -2.49. The van der Waals surface area contributed by atoms with Gasteiger partial charge in [-0.25, -0.2) is 4.79 Å². The molecule has 0 saturated carbocycles. The molecule has 0 bridgehead atoms. The van der Waals surface area contributed by atoms with E-state index in [0.717, 1.165) is 5.06 Å². The summed E-state index contributed by atoms with van der Waals surface area (Å²) in [5, 5.41) is 3.00. The Balaban J connectivity index is 2.94. The van der Waals surface area contributed by atoms with E-state index in [-0.39, 0.29) is 6.42 Å². The third-order valence-corrected chi connectivity index (χ3v) is 2.17. The number of hydroxylamine groups is 2. The lowest BCUT2D eigenvalue weighted by molar-refractivity contribution is -0.227. The lowest BCUT2D eigenvalue weighted by Gasteiger charge is -2.33. The predicted octanol–water partition coefficient (Wildman–Crippen LogP) is 1.37. The van der Waals surface area contributed by atoms with E-state index < -0.39 is 35.2 Å². The van der Waals surface area contributed by atoms with Gasteiger partial charge < -0.3 is 4.74 Å². The Morgan fingerprint density at radius 1 is 1.15 bits per heavy atom. The van der Waals surface area contributed by atoms with Crippen LogP contribution in [-0.4, -0.2) is 40.2 Å². The van der Waals surface area contributed by atoms with Gasteiger partial charge in [-0.1, -0.05) is 0 Å². The highest BCUT2D eigenvalue weighted by molar-refractivity contribution is 6.06. The van der Waals surface area contributed by atoms with Crippen molar-refractivity contribution in [3.8, 4) is 0 Å². The number of hydrogen-bond donors (Lipinski definition) is 1. The second-order valence-corrected chi connectivity index (χ2v) is 6.64. The first kappa shape index (κ1) is 16.4. The average molecular weight is 286 g/mol. The third kappa shape index (κ3) is 4.80. The fourth-order valence-corrected chi connectivity index (χ4v) is 1.56. The fourth-order valence-electron chi connectivity index (χ4n) is 1.56. The summed E-state index contributed by atoms with van der Waals surface area (Å²) in [4.78, 5) is 40.7. The van der Waals surface area contributed by atoms with Crippen LogP contribution in [0.4, 0.5) is 4.79 Å². The molecule has 0 aromatic rings. The molecular formula is C13H22N2O5. The van der Waals surface area contributed by atoms with Crippen molar-refractivity contribution in [1.29, 1.82) is 0 Å². The van der Waals surface area contributed by atoms with Gasteiger partial charge in [0.05, 0.1) is 12.0 Å². The van der Waals surface area contributed by atoms with E-state index in [1.807, 2.05) is 0 Å². The molecule has 0 spiro atoms. The maximum absolute atomic E-state index is 12.2. The van der Waals surface area contributed by atoms with E-state index in [0.29, 0.717) is 0 Å². The Bertz CT molecular complexity index is 419. The van der Waals surface area contributed by atoms with Gasteiger partial charge in [0.1, 0.15) is 5.60 Å². The van der Waals surface area contributed by atoms with Crippen molar-refractivity contribution < 1.29 is 24.0 Å². The molecule has 1 N–H and O–H groups in total. The van der Waals surface area contributed by atoms with E-state index >= 15 is 0 Å². The van der Waals surface area contributed by atoms with Crippen LogP contribution in [0.15, 0.2) is 0 Å². The molecular weight excluding hydrogens is 264 g/mol. The van der Waals surface area contributed by atoms with Crippen LogP contribution in [0.25, 0.3) is 0 Å². The smallest absolute Gasteiger partial charge is 0.435 e. The number of amides is 3. The van der Waals surface area contributed by atoms with Crippen LogP contribution in [0.5, 0.6) is 0 Å². The Kier molecular flexibility index (Phi) is 4.43. The highest BCUT2D eigenvalue weighted by Gasteiger charge is 2.42. The summed E-state index contributed by atoms with van der Waals surface area (Å²) >= 11 is 0. The molecule has 0 aromatic heterocycles. The van der Waals surface area contributed by atoms with Gasteiger partial charge in [-0.2, -0.15) is 5.06 Å². The van der Waals surface area contributed by atoms with Crippen LogP contribution in [0.2, 0.25) is 0 Å².